The second kappa shape index (κ2) is 14.2. The zero-order valence-electron chi connectivity index (χ0n) is 28.5. The number of carbonyl (C=O) groups is 2. The van der Waals surface area contributed by atoms with Gasteiger partial charge in [-0.1, -0.05) is 50.0 Å². The minimum atomic E-state index is -4.83. The molecule has 9 nitrogen and oxygen atoms in total. The van der Waals surface area contributed by atoms with Gasteiger partial charge in [-0.15, -0.1) is 0 Å². The van der Waals surface area contributed by atoms with Crippen LogP contribution in [0, 0.1) is 11.3 Å². The summed E-state index contributed by atoms with van der Waals surface area (Å²) in [5, 5.41) is 19.6. The number of nitrogens with zero attached hydrogens (tertiary/aromatic N) is 3. The molecule has 2 aliphatic rings. The molecule has 0 atom stereocenters. The van der Waals surface area contributed by atoms with Crippen LogP contribution in [0.3, 0.4) is 0 Å². The number of amides is 2. The van der Waals surface area contributed by atoms with E-state index < -0.39 is 54.1 Å². The number of benzene rings is 2. The van der Waals surface area contributed by atoms with E-state index in [9.17, 15) is 41.0 Å². The molecule has 1 aromatic heterocycles. The smallest absolute Gasteiger partial charge is 0.380 e. The second-order valence-corrected chi connectivity index (χ2v) is 15.2. The zero-order chi connectivity index (χ0) is 37.7. The Bertz CT molecular complexity index is 1790. The quantitative estimate of drug-likeness (QED) is 0.182. The molecular formula is C34H40Cl2F6N6O3. The maximum atomic E-state index is 13.8. The van der Waals surface area contributed by atoms with Crippen LogP contribution in [0.15, 0.2) is 24.3 Å². The van der Waals surface area contributed by atoms with E-state index in [-0.39, 0.29) is 78.5 Å². The molecule has 0 spiro atoms. The SMILES string of the molecule is Cn1c(Nc2c(Cl)ccc(CNC(=O)C(C)(C)C)c2Cl)nc2cc(C(=O)NC3CCC(C(F)(F)F)CC3)c(N3CCC(O)(C(F)(F)F)CC3)cc21. The fourth-order valence-electron chi connectivity index (χ4n) is 6.41. The first kappa shape index (κ1) is 38.8. The largest absolute Gasteiger partial charge is 0.417 e. The number of hydrogen-bond donors (Lipinski definition) is 4. The van der Waals surface area contributed by atoms with Crippen LogP contribution in [0.5, 0.6) is 0 Å². The molecular weight excluding hydrogens is 725 g/mol. The predicted octanol–water partition coefficient (Wildman–Crippen LogP) is 8.03. The lowest BCUT2D eigenvalue weighted by molar-refractivity contribution is -0.266. The highest BCUT2D eigenvalue weighted by Gasteiger charge is 2.54. The number of fused-ring (bicyclic) bond motifs is 1. The average Bonchev–Trinajstić information content (AvgIpc) is 3.34. The predicted molar refractivity (Wildman–Crippen MR) is 183 cm³/mol. The van der Waals surface area contributed by atoms with Gasteiger partial charge < -0.3 is 30.5 Å². The molecule has 0 unspecified atom stereocenters. The first-order valence-electron chi connectivity index (χ1n) is 16.5. The molecule has 280 valence electrons. The monoisotopic (exact) mass is 764 g/mol. The van der Waals surface area contributed by atoms with Crippen molar-refractivity contribution in [2.45, 2.75) is 89.8 Å². The number of anilines is 3. The molecule has 1 aliphatic carbocycles. The van der Waals surface area contributed by atoms with Gasteiger partial charge in [0.1, 0.15) is 0 Å². The van der Waals surface area contributed by atoms with Crippen LogP contribution in [0.2, 0.25) is 10.0 Å². The Morgan fingerprint density at radius 1 is 1.00 bits per heavy atom. The summed E-state index contributed by atoms with van der Waals surface area (Å²) in [6.07, 6.45) is -10.4. The van der Waals surface area contributed by atoms with E-state index in [4.69, 9.17) is 23.2 Å². The van der Waals surface area contributed by atoms with Crippen molar-refractivity contribution < 1.29 is 41.0 Å². The van der Waals surface area contributed by atoms with Gasteiger partial charge in [0.25, 0.3) is 5.91 Å². The number of hydrogen-bond acceptors (Lipinski definition) is 6. The lowest BCUT2D eigenvalue weighted by atomic mass is 9.85. The topological polar surface area (TPSA) is 112 Å². The molecule has 4 N–H and O–H groups in total. The summed E-state index contributed by atoms with van der Waals surface area (Å²) >= 11 is 13.2. The normalized spacial score (nSPS) is 20.0. The van der Waals surface area contributed by atoms with Gasteiger partial charge in [0.2, 0.25) is 11.9 Å². The number of alkyl halides is 6. The minimum Gasteiger partial charge on any atom is -0.380 e. The Morgan fingerprint density at radius 2 is 1.63 bits per heavy atom. The van der Waals surface area contributed by atoms with Crippen molar-refractivity contribution in [3.63, 3.8) is 0 Å². The fourth-order valence-corrected chi connectivity index (χ4v) is 6.94. The van der Waals surface area contributed by atoms with Crippen molar-refractivity contribution in [3.05, 3.63) is 45.4 Å². The Kier molecular flexibility index (Phi) is 10.8. The van der Waals surface area contributed by atoms with Gasteiger partial charge in [0.05, 0.1) is 43.9 Å². The highest BCUT2D eigenvalue weighted by atomic mass is 35.5. The summed E-state index contributed by atoms with van der Waals surface area (Å²) in [5.74, 6) is -1.97. The summed E-state index contributed by atoms with van der Waals surface area (Å²) in [5.41, 5.74) is -1.43. The third kappa shape index (κ3) is 8.30. The summed E-state index contributed by atoms with van der Waals surface area (Å²) < 4.78 is 82.2. The molecule has 17 heteroatoms. The highest BCUT2D eigenvalue weighted by Crippen LogP contribution is 2.42. The number of carbonyl (C=O) groups excluding carboxylic acids is 2. The van der Waals surface area contributed by atoms with E-state index in [1.165, 1.54) is 6.07 Å². The third-order valence-corrected chi connectivity index (χ3v) is 10.5. The van der Waals surface area contributed by atoms with Crippen LogP contribution >= 0.6 is 23.2 Å². The minimum absolute atomic E-state index is 0.0789. The van der Waals surface area contributed by atoms with Gasteiger partial charge in [-0.25, -0.2) is 4.98 Å². The number of aryl methyl sites for hydroxylation is 1. The molecule has 5 rings (SSSR count). The number of aliphatic hydroxyl groups is 1. The summed E-state index contributed by atoms with van der Waals surface area (Å²) in [6.45, 7) is 5.03. The number of nitrogens with one attached hydrogen (secondary N) is 3. The molecule has 0 bridgehead atoms. The highest BCUT2D eigenvalue weighted by molar-refractivity contribution is 6.39. The first-order valence-corrected chi connectivity index (χ1v) is 17.3. The Hall–Kier alpha value is -3.43. The van der Waals surface area contributed by atoms with Crippen molar-refractivity contribution in [2.75, 3.05) is 23.3 Å². The number of aromatic nitrogens is 2. The van der Waals surface area contributed by atoms with Gasteiger partial charge in [-0.2, -0.15) is 26.3 Å². The third-order valence-electron chi connectivity index (χ3n) is 9.76. The molecule has 2 fully saturated rings. The lowest BCUT2D eigenvalue weighted by Crippen LogP contribution is -2.53. The van der Waals surface area contributed by atoms with E-state index in [0.29, 0.717) is 22.3 Å². The number of halogens is 8. The average molecular weight is 766 g/mol. The molecule has 51 heavy (non-hydrogen) atoms. The molecule has 2 heterocycles. The second-order valence-electron chi connectivity index (χ2n) is 14.4. The van der Waals surface area contributed by atoms with Gasteiger partial charge in [0.15, 0.2) is 5.60 Å². The molecule has 1 saturated heterocycles. The fraction of sp³-hybridized carbons (Fsp3) is 0.559. The van der Waals surface area contributed by atoms with Crippen molar-refractivity contribution in [3.8, 4) is 0 Å². The van der Waals surface area contributed by atoms with E-state index in [1.54, 1.807) is 55.5 Å². The van der Waals surface area contributed by atoms with Crippen LogP contribution in [0.1, 0.15) is 75.2 Å². The molecule has 0 radical (unpaired) electrons. The van der Waals surface area contributed by atoms with Crippen LogP contribution < -0.4 is 20.9 Å². The van der Waals surface area contributed by atoms with Crippen LogP contribution in [0.25, 0.3) is 11.0 Å². The van der Waals surface area contributed by atoms with Crippen molar-refractivity contribution in [1.82, 2.24) is 20.2 Å². The Balaban J connectivity index is 1.46. The first-order chi connectivity index (χ1) is 23.6. The van der Waals surface area contributed by atoms with Crippen molar-refractivity contribution >= 4 is 63.4 Å². The molecule has 1 saturated carbocycles. The van der Waals surface area contributed by atoms with E-state index in [2.05, 4.69) is 20.9 Å². The summed E-state index contributed by atoms with van der Waals surface area (Å²) in [4.78, 5) is 32.4. The standard InChI is InChI=1S/C34H40Cl2F6N6O3/c1-31(2,3)29(50)43-17-18-5-10-22(35)27(26(18)36)46-30-45-23-15-21(28(49)44-20-8-6-19(7-9-20)33(37,38)39)24(16-25(23)47(30)4)48-13-11-32(51,12-14-48)34(40,41)42/h5,10,15-16,19-20,51H,6-9,11-14,17H2,1-4H3,(H,43,50)(H,44,49)(H,45,46). The summed E-state index contributed by atoms with van der Waals surface area (Å²) in [7, 11) is 1.67. The Morgan fingerprint density at radius 3 is 2.20 bits per heavy atom. The number of piperidine rings is 1. The molecule has 2 aromatic carbocycles. The van der Waals surface area contributed by atoms with Gasteiger partial charge in [-0.3, -0.25) is 9.59 Å². The van der Waals surface area contributed by atoms with Crippen molar-refractivity contribution in [1.29, 1.82) is 0 Å². The maximum Gasteiger partial charge on any atom is 0.417 e. The van der Waals surface area contributed by atoms with Crippen LogP contribution in [0.4, 0.5) is 43.7 Å². The molecule has 1 aliphatic heterocycles. The zero-order valence-corrected chi connectivity index (χ0v) is 30.0. The maximum absolute atomic E-state index is 13.8. The number of rotatable bonds is 7. The van der Waals surface area contributed by atoms with Gasteiger partial charge in [0, 0.05) is 51.0 Å². The number of imidazole rings is 1. The molecule has 3 aromatic rings. The van der Waals surface area contributed by atoms with E-state index >= 15 is 0 Å². The van der Waals surface area contributed by atoms with Gasteiger partial charge >= 0.3 is 12.4 Å². The van der Waals surface area contributed by atoms with Crippen LogP contribution in [-0.2, 0) is 18.4 Å². The van der Waals surface area contributed by atoms with Crippen molar-refractivity contribution in [2.24, 2.45) is 18.4 Å². The Labute approximate surface area is 301 Å². The van der Waals surface area contributed by atoms with Gasteiger partial charge in [-0.05, 0) is 49.4 Å². The molecule has 2 amide bonds. The van der Waals surface area contributed by atoms with Crippen LogP contribution in [-0.4, -0.2) is 63.6 Å². The summed E-state index contributed by atoms with van der Waals surface area (Å²) in [6, 6.07) is 5.86. The van der Waals surface area contributed by atoms with E-state index in [0.717, 1.165) is 0 Å². The lowest BCUT2D eigenvalue weighted by Gasteiger charge is -2.40. The van der Waals surface area contributed by atoms with E-state index in [1.807, 2.05) is 0 Å².